The fourth-order valence-electron chi connectivity index (χ4n) is 2.72. The standard InChI is InChI=1S/C15H22N2O4/c1-17(11-5-3-2-4-6-11)10-12-7-8-13(21-12)15(20)16-9-14(18)19/h7-8,11H,2-6,9-10H2,1H3,(H,16,20)(H,18,19). The number of amides is 1. The van der Waals surface area contributed by atoms with Gasteiger partial charge in [-0.1, -0.05) is 19.3 Å². The maximum Gasteiger partial charge on any atom is 0.322 e. The van der Waals surface area contributed by atoms with E-state index in [9.17, 15) is 9.59 Å². The Morgan fingerprint density at radius 2 is 2.05 bits per heavy atom. The van der Waals surface area contributed by atoms with Crippen LogP contribution in [0.3, 0.4) is 0 Å². The van der Waals surface area contributed by atoms with Gasteiger partial charge < -0.3 is 14.8 Å². The smallest absolute Gasteiger partial charge is 0.322 e. The van der Waals surface area contributed by atoms with Crippen LogP contribution in [0.2, 0.25) is 0 Å². The molecule has 0 radical (unpaired) electrons. The zero-order chi connectivity index (χ0) is 15.2. The average molecular weight is 294 g/mol. The van der Waals surface area contributed by atoms with Gasteiger partial charge in [0.1, 0.15) is 12.3 Å². The molecule has 0 saturated heterocycles. The van der Waals surface area contributed by atoms with E-state index >= 15 is 0 Å². The molecule has 0 unspecified atom stereocenters. The highest BCUT2D eigenvalue weighted by Crippen LogP contribution is 2.23. The third-order valence-corrected chi connectivity index (χ3v) is 3.89. The molecule has 0 bridgehead atoms. The molecule has 2 N–H and O–H groups in total. The van der Waals surface area contributed by atoms with Crippen LogP contribution in [-0.2, 0) is 11.3 Å². The third-order valence-electron chi connectivity index (χ3n) is 3.89. The molecule has 1 aromatic heterocycles. The minimum absolute atomic E-state index is 0.156. The van der Waals surface area contributed by atoms with Crippen molar-refractivity contribution in [3.63, 3.8) is 0 Å². The predicted molar refractivity (Wildman–Crippen MR) is 77.0 cm³/mol. The van der Waals surface area contributed by atoms with Gasteiger partial charge in [-0.05, 0) is 32.0 Å². The minimum Gasteiger partial charge on any atom is -0.480 e. The molecule has 1 aromatic rings. The minimum atomic E-state index is -1.08. The van der Waals surface area contributed by atoms with Gasteiger partial charge in [0.15, 0.2) is 5.76 Å². The normalized spacial score (nSPS) is 16.1. The second-order valence-corrected chi connectivity index (χ2v) is 5.55. The van der Waals surface area contributed by atoms with Crippen molar-refractivity contribution in [2.24, 2.45) is 0 Å². The number of hydrogen-bond donors (Lipinski definition) is 2. The molecule has 0 aromatic carbocycles. The van der Waals surface area contributed by atoms with Crippen molar-refractivity contribution in [3.8, 4) is 0 Å². The molecule has 0 aliphatic heterocycles. The predicted octanol–water partition coefficient (Wildman–Crippen LogP) is 1.86. The number of nitrogens with one attached hydrogen (secondary N) is 1. The van der Waals surface area contributed by atoms with E-state index in [4.69, 9.17) is 9.52 Å². The van der Waals surface area contributed by atoms with Gasteiger partial charge in [0.2, 0.25) is 0 Å². The Balaban J connectivity index is 1.87. The molecule has 1 aliphatic rings. The summed E-state index contributed by atoms with van der Waals surface area (Å²) in [4.78, 5) is 24.3. The van der Waals surface area contributed by atoms with Crippen molar-refractivity contribution in [3.05, 3.63) is 23.7 Å². The van der Waals surface area contributed by atoms with Crippen molar-refractivity contribution in [2.75, 3.05) is 13.6 Å². The van der Waals surface area contributed by atoms with Crippen LogP contribution < -0.4 is 5.32 Å². The van der Waals surface area contributed by atoms with Crippen molar-refractivity contribution in [2.45, 2.75) is 44.7 Å². The Morgan fingerprint density at radius 3 is 2.71 bits per heavy atom. The second-order valence-electron chi connectivity index (χ2n) is 5.55. The van der Waals surface area contributed by atoms with E-state index in [-0.39, 0.29) is 5.76 Å². The molecule has 6 heteroatoms. The van der Waals surface area contributed by atoms with Gasteiger partial charge in [-0.15, -0.1) is 0 Å². The van der Waals surface area contributed by atoms with E-state index in [1.165, 1.54) is 32.1 Å². The lowest BCUT2D eigenvalue weighted by atomic mass is 9.94. The maximum absolute atomic E-state index is 11.7. The largest absolute Gasteiger partial charge is 0.480 e. The van der Waals surface area contributed by atoms with Gasteiger partial charge in [0.25, 0.3) is 5.91 Å². The number of rotatable bonds is 6. The zero-order valence-electron chi connectivity index (χ0n) is 12.3. The SMILES string of the molecule is CN(Cc1ccc(C(=O)NCC(=O)O)o1)C1CCCCC1. The first kappa shape index (κ1) is 15.6. The summed E-state index contributed by atoms with van der Waals surface area (Å²) in [5.41, 5.74) is 0. The molecule has 0 atom stereocenters. The van der Waals surface area contributed by atoms with E-state index in [2.05, 4.69) is 17.3 Å². The van der Waals surface area contributed by atoms with Gasteiger partial charge in [-0.25, -0.2) is 0 Å². The summed E-state index contributed by atoms with van der Waals surface area (Å²) < 4.78 is 5.49. The Kier molecular flexibility index (Phi) is 5.38. The highest BCUT2D eigenvalue weighted by Gasteiger charge is 2.19. The summed E-state index contributed by atoms with van der Waals surface area (Å²) in [5.74, 6) is -0.692. The number of nitrogens with zero attached hydrogens (tertiary/aromatic N) is 1. The maximum atomic E-state index is 11.7. The third kappa shape index (κ3) is 4.60. The highest BCUT2D eigenvalue weighted by molar-refractivity contribution is 5.93. The molecule has 1 amide bonds. The van der Waals surface area contributed by atoms with Gasteiger partial charge in [0, 0.05) is 6.04 Å². The lowest BCUT2D eigenvalue weighted by Gasteiger charge is -2.30. The molecule has 21 heavy (non-hydrogen) atoms. The topological polar surface area (TPSA) is 82.8 Å². The number of carbonyl (C=O) groups excluding carboxylic acids is 1. The Morgan fingerprint density at radius 1 is 1.33 bits per heavy atom. The summed E-state index contributed by atoms with van der Waals surface area (Å²) in [6.45, 7) is 0.258. The molecule has 6 nitrogen and oxygen atoms in total. The highest BCUT2D eigenvalue weighted by atomic mass is 16.4. The van der Waals surface area contributed by atoms with E-state index in [1.807, 2.05) is 0 Å². The van der Waals surface area contributed by atoms with Crippen molar-refractivity contribution in [1.82, 2.24) is 10.2 Å². The van der Waals surface area contributed by atoms with E-state index in [0.717, 1.165) is 5.76 Å². The zero-order valence-corrected chi connectivity index (χ0v) is 12.3. The summed E-state index contributed by atoms with van der Waals surface area (Å²) in [5, 5.41) is 10.8. The number of carbonyl (C=O) groups is 2. The average Bonchev–Trinajstić information content (AvgIpc) is 2.94. The quantitative estimate of drug-likeness (QED) is 0.836. The number of furan rings is 1. The van der Waals surface area contributed by atoms with E-state index in [1.54, 1.807) is 12.1 Å². The Labute approximate surface area is 124 Å². The molecule has 1 aliphatic carbocycles. The number of hydrogen-bond acceptors (Lipinski definition) is 4. The van der Waals surface area contributed by atoms with Gasteiger partial charge in [-0.3, -0.25) is 14.5 Å². The summed E-state index contributed by atoms with van der Waals surface area (Å²) in [6, 6.07) is 3.93. The molecule has 1 fully saturated rings. The first-order valence-corrected chi connectivity index (χ1v) is 7.35. The van der Waals surface area contributed by atoms with Crippen LogP contribution in [0.1, 0.15) is 48.4 Å². The van der Waals surface area contributed by atoms with E-state index < -0.39 is 18.4 Å². The second kappa shape index (κ2) is 7.26. The van der Waals surface area contributed by atoms with Crippen molar-refractivity contribution >= 4 is 11.9 Å². The van der Waals surface area contributed by atoms with Gasteiger partial charge >= 0.3 is 5.97 Å². The first-order chi connectivity index (χ1) is 10.1. The van der Waals surface area contributed by atoms with Crippen LogP contribution in [-0.4, -0.2) is 41.5 Å². The Bertz CT molecular complexity index is 492. The van der Waals surface area contributed by atoms with Gasteiger partial charge in [0.05, 0.1) is 6.54 Å². The molecule has 1 saturated carbocycles. The van der Waals surface area contributed by atoms with Crippen LogP contribution in [0, 0.1) is 0 Å². The molecule has 1 heterocycles. The lowest BCUT2D eigenvalue weighted by molar-refractivity contribution is -0.135. The fraction of sp³-hybridized carbons (Fsp3) is 0.600. The molecule has 116 valence electrons. The van der Waals surface area contributed by atoms with Crippen LogP contribution >= 0.6 is 0 Å². The van der Waals surface area contributed by atoms with Crippen LogP contribution in [0.5, 0.6) is 0 Å². The van der Waals surface area contributed by atoms with Crippen molar-refractivity contribution in [1.29, 1.82) is 0 Å². The summed E-state index contributed by atoms with van der Waals surface area (Å²) >= 11 is 0. The van der Waals surface area contributed by atoms with Gasteiger partial charge in [-0.2, -0.15) is 0 Å². The first-order valence-electron chi connectivity index (χ1n) is 7.35. The molecule has 2 rings (SSSR count). The van der Waals surface area contributed by atoms with Crippen molar-refractivity contribution < 1.29 is 19.1 Å². The lowest BCUT2D eigenvalue weighted by Crippen LogP contribution is -2.32. The fourth-order valence-corrected chi connectivity index (χ4v) is 2.72. The van der Waals surface area contributed by atoms with Crippen LogP contribution in [0.4, 0.5) is 0 Å². The monoisotopic (exact) mass is 294 g/mol. The number of carboxylic acids is 1. The van der Waals surface area contributed by atoms with Crippen LogP contribution in [0.25, 0.3) is 0 Å². The summed E-state index contributed by atoms with van der Waals surface area (Å²) in [7, 11) is 2.07. The number of aliphatic carboxylic acids is 1. The molecule has 0 spiro atoms. The summed E-state index contributed by atoms with van der Waals surface area (Å²) in [6.07, 6.45) is 6.29. The molecular formula is C15H22N2O4. The Hall–Kier alpha value is -1.82. The number of carboxylic acid groups (broad SMARTS) is 1. The van der Waals surface area contributed by atoms with Crippen LogP contribution in [0.15, 0.2) is 16.5 Å². The molecular weight excluding hydrogens is 272 g/mol. The van der Waals surface area contributed by atoms with E-state index in [0.29, 0.717) is 12.6 Å².